The number of nitrogens with zero attached hydrogens (tertiary/aromatic N) is 1. The summed E-state index contributed by atoms with van der Waals surface area (Å²) >= 11 is -0.355. The van der Waals surface area contributed by atoms with E-state index in [4.69, 9.17) is 0 Å². The van der Waals surface area contributed by atoms with Gasteiger partial charge in [-0.25, -0.2) is 0 Å². The molecule has 1 aromatic carbocycles. The van der Waals surface area contributed by atoms with Gasteiger partial charge in [0.05, 0.1) is 0 Å². The maximum Gasteiger partial charge on any atom is 0.0135 e. The van der Waals surface area contributed by atoms with E-state index in [-0.39, 0.29) is 49.8 Å². The van der Waals surface area contributed by atoms with Crippen molar-refractivity contribution in [2.45, 2.75) is 59.2 Å². The number of hydrogen-bond donors (Lipinski definition) is 1. The van der Waals surface area contributed by atoms with E-state index in [1.807, 2.05) is 0 Å². The Morgan fingerprint density at radius 3 is 2.28 bits per heavy atom. The van der Waals surface area contributed by atoms with Crippen molar-refractivity contribution in [3.63, 3.8) is 0 Å². The van der Waals surface area contributed by atoms with E-state index >= 15 is 0 Å². The Kier molecular flexibility index (Phi) is 10.5. The van der Waals surface area contributed by atoms with Crippen LogP contribution in [0.25, 0.3) is 21.7 Å². The predicted molar refractivity (Wildman–Crippen MR) is 119 cm³/mol. The molecular weight excluding hydrogens is 451 g/mol. The molecule has 0 atom stereocenters. The third-order valence-corrected chi connectivity index (χ3v) is 7.78. The third kappa shape index (κ3) is 6.12. The van der Waals surface area contributed by atoms with Gasteiger partial charge in [0, 0.05) is 9.52 Å². The molecule has 1 fully saturated rings. The minimum atomic E-state index is -0.355. The summed E-state index contributed by atoms with van der Waals surface area (Å²) in [6.45, 7) is 16.1. The van der Waals surface area contributed by atoms with Crippen LogP contribution in [0.5, 0.6) is 0 Å². The Morgan fingerprint density at radius 1 is 1.07 bits per heavy atom. The number of hydrogen-bond acceptors (Lipinski definition) is 2. The van der Waals surface area contributed by atoms with Crippen molar-refractivity contribution >= 4 is 31.2 Å². The number of benzene rings is 1. The second-order valence-electron chi connectivity index (χ2n) is 8.80. The Bertz CT molecular complexity index is 895. The number of nitrogens with one attached hydrogen (secondary N) is 1. The molecule has 0 unspecified atom stereocenters. The van der Waals surface area contributed by atoms with Gasteiger partial charge in [0.2, 0.25) is 0 Å². The van der Waals surface area contributed by atoms with Crippen molar-refractivity contribution in [2.75, 3.05) is 13.1 Å². The summed E-state index contributed by atoms with van der Waals surface area (Å²) in [7, 11) is 0.417. The second kappa shape index (κ2) is 11.4. The molecule has 6 heteroatoms. The molecule has 1 heterocycles. The summed E-state index contributed by atoms with van der Waals surface area (Å²) in [5.41, 5.74) is 6.08. The molecule has 0 saturated carbocycles. The van der Waals surface area contributed by atoms with E-state index in [9.17, 15) is 0 Å². The van der Waals surface area contributed by atoms with Crippen molar-refractivity contribution in [1.29, 1.82) is 0 Å². The first-order chi connectivity index (χ1) is 12.9. The second-order valence-corrected chi connectivity index (χ2v) is 11.8. The monoisotopic (exact) mass is 484 g/mol. The van der Waals surface area contributed by atoms with Gasteiger partial charge in [-0.3, -0.25) is 0 Å². The molecule has 0 amide bonds. The van der Waals surface area contributed by atoms with Crippen molar-refractivity contribution in [3.05, 3.63) is 45.3 Å². The molecule has 1 aromatic rings. The zero-order chi connectivity index (χ0) is 19.6. The third-order valence-electron chi connectivity index (χ3n) is 5.01. The van der Waals surface area contributed by atoms with Gasteiger partial charge >= 0.3 is 154 Å². The average molecular weight is 485 g/mol. The number of likely N-dealkylation sites (tertiary alicyclic amines) is 1. The predicted octanol–water partition coefficient (Wildman–Crippen LogP) is -2.91. The summed E-state index contributed by atoms with van der Waals surface area (Å²) in [5.74, 6) is 0. The van der Waals surface area contributed by atoms with Crippen LogP contribution in [-0.4, -0.2) is 33.0 Å². The standard InChI is InChI=1S/C17H16N.C4H10N.C2H8Si.2ClH.Ti/c1-12-9-15-10-13-5-4-6-14(13)11-16(15)17(12)18-7-2-3-8-18;1-4(2,3)5;1-3-2;;;/h4-6,10-11H,2-3,7-8H2,1H3;5H,1-3H3;3H2,1-2H3;2*1H;/q;-1;;;;+3/p-2. The zero-order valence-corrected chi connectivity index (χ0v) is 23.1. The van der Waals surface area contributed by atoms with Crippen LogP contribution in [0.2, 0.25) is 13.1 Å². The maximum absolute atomic E-state index is 3.82. The first-order valence-electron chi connectivity index (χ1n) is 10.4. The molecule has 158 valence electrons. The number of rotatable bonds is 3. The fourth-order valence-electron chi connectivity index (χ4n) is 3.86. The van der Waals surface area contributed by atoms with Gasteiger partial charge in [0.15, 0.2) is 0 Å². The summed E-state index contributed by atoms with van der Waals surface area (Å²) in [6.07, 6.45) is 9.32. The quantitative estimate of drug-likeness (QED) is 0.462. The van der Waals surface area contributed by atoms with Crippen LogP contribution in [-0.2, 0) is 19.4 Å². The van der Waals surface area contributed by atoms with Gasteiger partial charge in [-0.2, -0.15) is 0 Å². The fourth-order valence-corrected chi connectivity index (χ4v) is 5.65. The van der Waals surface area contributed by atoms with Crippen LogP contribution in [0.15, 0.2) is 23.8 Å². The van der Waals surface area contributed by atoms with E-state index in [2.05, 4.69) is 79.8 Å². The molecule has 29 heavy (non-hydrogen) atoms. The van der Waals surface area contributed by atoms with Crippen molar-refractivity contribution in [2.24, 2.45) is 0 Å². The molecule has 0 spiro atoms. The van der Waals surface area contributed by atoms with Gasteiger partial charge in [0.1, 0.15) is 0 Å². The normalized spacial score (nSPS) is 16.2. The molecular formula is C23H34Cl2N2SiTi. The van der Waals surface area contributed by atoms with E-state index in [0.717, 1.165) is 0 Å². The van der Waals surface area contributed by atoms with Crippen LogP contribution < -0.4 is 39.1 Å². The van der Waals surface area contributed by atoms with Gasteiger partial charge in [0.25, 0.3) is 0 Å². The minimum Gasteiger partial charge on any atom is -1.00 e. The zero-order valence-electron chi connectivity index (χ0n) is 18.6. The van der Waals surface area contributed by atoms with Crippen LogP contribution in [0.4, 0.5) is 0 Å². The Hall–Kier alpha value is -0.289. The van der Waals surface area contributed by atoms with Crippen molar-refractivity contribution in [1.82, 2.24) is 8.70 Å². The minimum absolute atomic E-state index is 0. The molecule has 0 aromatic heterocycles. The molecule has 3 aliphatic rings. The maximum atomic E-state index is 3.82. The van der Waals surface area contributed by atoms with Crippen LogP contribution in [0, 0.1) is 0 Å². The van der Waals surface area contributed by atoms with Gasteiger partial charge in [-0.15, -0.1) is 0 Å². The summed E-state index contributed by atoms with van der Waals surface area (Å²) in [5, 5.41) is 2.87. The molecule has 0 bridgehead atoms. The Morgan fingerprint density at radius 2 is 1.69 bits per heavy atom. The largest absolute Gasteiger partial charge is 1.00 e. The van der Waals surface area contributed by atoms with Crippen LogP contribution in [0.3, 0.4) is 0 Å². The first kappa shape index (κ1) is 26.7. The molecule has 1 N–H and O–H groups in total. The number of halogens is 2. The van der Waals surface area contributed by atoms with E-state index in [1.165, 1.54) is 58.8 Å². The van der Waals surface area contributed by atoms with Gasteiger partial charge < -0.3 is 24.8 Å². The molecule has 4 rings (SSSR count). The van der Waals surface area contributed by atoms with Crippen LogP contribution >= 0.6 is 0 Å². The Balaban J connectivity index is 0.000000794. The molecule has 2 nitrogen and oxygen atoms in total. The molecule has 2 aliphatic carbocycles. The Labute approximate surface area is 200 Å². The molecule has 0 radical (unpaired) electrons. The van der Waals surface area contributed by atoms with Crippen molar-refractivity contribution in [3.8, 4) is 0 Å². The number of allylic oxidation sites excluding steroid dienone is 2. The molecule has 1 saturated heterocycles. The fraction of sp³-hybridized carbons (Fsp3) is 0.478. The van der Waals surface area contributed by atoms with E-state index < -0.39 is 0 Å². The number of fused-ring (bicyclic) bond motifs is 2. The van der Waals surface area contributed by atoms with E-state index in [0.29, 0.717) is 9.52 Å². The topological polar surface area (TPSA) is 15.3 Å². The van der Waals surface area contributed by atoms with E-state index in [1.54, 1.807) is 3.88 Å². The smallest absolute Gasteiger partial charge is 0.0135 e. The SMILES string of the molecule is CC1=C(N2CCCC2)c2cc3c(cc2=[C]1[Ti+2][NH]C(C)(C)C)C=CC=3.C[SiH2]C.[Cl-].[Cl-]. The first-order valence-corrected chi connectivity index (χ1v) is 14.8. The summed E-state index contributed by atoms with van der Waals surface area (Å²) in [4.78, 5) is 2.62. The molecule has 1 aliphatic heterocycles. The average Bonchev–Trinajstić information content (AvgIpc) is 3.29. The van der Waals surface area contributed by atoms with Crippen molar-refractivity contribution < 1.29 is 44.2 Å². The van der Waals surface area contributed by atoms with Gasteiger partial charge in [-0.1, -0.05) is 13.1 Å². The summed E-state index contributed by atoms with van der Waals surface area (Å²) in [6, 6.07) is 4.86. The van der Waals surface area contributed by atoms with Crippen LogP contribution in [0.1, 0.15) is 51.7 Å². The van der Waals surface area contributed by atoms with Gasteiger partial charge in [-0.05, 0) is 0 Å². The summed E-state index contributed by atoms with van der Waals surface area (Å²) < 4.78 is 5.43.